The number of hydrogen-bond donors (Lipinski definition) is 1. The van der Waals surface area contributed by atoms with Gasteiger partial charge in [0, 0.05) is 23.7 Å². The van der Waals surface area contributed by atoms with Crippen molar-refractivity contribution in [1.29, 1.82) is 0 Å². The second-order valence-corrected chi connectivity index (χ2v) is 8.40. The molecule has 3 heterocycles. The summed E-state index contributed by atoms with van der Waals surface area (Å²) >= 11 is 6.06. The van der Waals surface area contributed by atoms with Gasteiger partial charge in [0.25, 0.3) is 10.0 Å². The molecule has 3 aromatic heterocycles. The van der Waals surface area contributed by atoms with Gasteiger partial charge in [0.05, 0.1) is 35.4 Å². The minimum absolute atomic E-state index is 0.178. The van der Waals surface area contributed by atoms with Gasteiger partial charge < -0.3 is 0 Å². The normalized spacial score (nSPS) is 12.4. The summed E-state index contributed by atoms with van der Waals surface area (Å²) in [5.74, 6) is -0.178. The Kier molecular flexibility index (Phi) is 4.70. The van der Waals surface area contributed by atoms with Gasteiger partial charge in [-0.05, 0) is 24.3 Å². The van der Waals surface area contributed by atoms with E-state index in [1.165, 1.54) is 16.9 Å². The van der Waals surface area contributed by atoms with E-state index < -0.39 is 21.8 Å². The van der Waals surface area contributed by atoms with Crippen molar-refractivity contribution in [2.75, 3.05) is 4.72 Å². The molecule has 0 radical (unpaired) electrons. The summed E-state index contributed by atoms with van der Waals surface area (Å²) in [5.41, 5.74) is -0.222. The van der Waals surface area contributed by atoms with Gasteiger partial charge in [-0.1, -0.05) is 11.6 Å². The molecule has 0 fully saturated rings. The zero-order valence-corrected chi connectivity index (χ0v) is 16.7. The molecule has 0 saturated carbocycles. The van der Waals surface area contributed by atoms with E-state index in [0.717, 1.165) is 35.4 Å². The van der Waals surface area contributed by atoms with Gasteiger partial charge in [0.2, 0.25) is 0 Å². The summed E-state index contributed by atoms with van der Waals surface area (Å²) in [6.07, 6.45) is 0.0150. The Hall–Kier alpha value is -3.12. The lowest BCUT2D eigenvalue weighted by molar-refractivity contribution is -0.137. The number of nitrogens with zero attached hydrogens (tertiary/aromatic N) is 5. The third kappa shape index (κ3) is 3.71. The molecule has 4 rings (SSSR count). The van der Waals surface area contributed by atoms with Crippen LogP contribution in [-0.2, 0) is 23.2 Å². The summed E-state index contributed by atoms with van der Waals surface area (Å²) in [4.78, 5) is 3.55. The van der Waals surface area contributed by atoms with Crippen molar-refractivity contribution in [3.05, 3.63) is 59.6 Å². The van der Waals surface area contributed by atoms with Crippen LogP contribution >= 0.6 is 11.6 Å². The lowest BCUT2D eigenvalue weighted by Crippen LogP contribution is -2.13. The highest BCUT2D eigenvalue weighted by Gasteiger charge is 2.31. The molecule has 0 saturated heterocycles. The monoisotopic (exact) mass is 456 g/mol. The number of nitrogens with one attached hydrogen (secondary N) is 1. The standard InChI is InChI=1S/C17H12ClF3N6O2S/c1-26-16-10(7-23-26)4-12(18)6-14(16)25-30(28,29)13-8-24-27(9-13)15-5-11(2-3-22-15)17(19,20)21/h2-9,25H,1H3. The second kappa shape index (κ2) is 6.99. The predicted molar refractivity (Wildman–Crippen MR) is 103 cm³/mol. The van der Waals surface area contributed by atoms with Gasteiger partial charge in [-0.3, -0.25) is 9.40 Å². The molecule has 156 valence electrons. The van der Waals surface area contributed by atoms with Crippen LogP contribution < -0.4 is 4.72 Å². The topological polar surface area (TPSA) is 94.7 Å². The average molecular weight is 457 g/mol. The first kappa shape index (κ1) is 20.2. The van der Waals surface area contributed by atoms with Gasteiger partial charge in [0.15, 0.2) is 5.82 Å². The molecule has 0 spiro atoms. The first-order valence-corrected chi connectivity index (χ1v) is 10.1. The van der Waals surface area contributed by atoms with Crippen LogP contribution in [0.25, 0.3) is 16.7 Å². The molecule has 13 heteroatoms. The third-order valence-electron chi connectivity index (χ3n) is 4.22. The van der Waals surface area contributed by atoms with E-state index in [1.54, 1.807) is 13.1 Å². The number of hydrogen-bond acceptors (Lipinski definition) is 5. The van der Waals surface area contributed by atoms with Gasteiger partial charge >= 0.3 is 6.18 Å². The Balaban J connectivity index is 1.70. The highest BCUT2D eigenvalue weighted by Crippen LogP contribution is 2.31. The van der Waals surface area contributed by atoms with E-state index in [-0.39, 0.29) is 16.4 Å². The Bertz CT molecular complexity index is 1360. The van der Waals surface area contributed by atoms with E-state index in [9.17, 15) is 21.6 Å². The first-order valence-electron chi connectivity index (χ1n) is 8.27. The van der Waals surface area contributed by atoms with Gasteiger partial charge in [-0.15, -0.1) is 0 Å². The number of aromatic nitrogens is 5. The van der Waals surface area contributed by atoms with E-state index in [2.05, 4.69) is 19.9 Å². The molecular formula is C17H12ClF3N6O2S. The van der Waals surface area contributed by atoms with Crippen LogP contribution in [0.3, 0.4) is 0 Å². The molecule has 0 aliphatic carbocycles. The molecule has 0 unspecified atom stereocenters. The smallest absolute Gasteiger partial charge is 0.277 e. The SMILES string of the molecule is Cn1ncc2cc(Cl)cc(NS(=O)(=O)c3cnn(-c4cc(C(F)(F)F)ccn4)c3)c21. The Labute approximate surface area is 173 Å². The highest BCUT2D eigenvalue weighted by molar-refractivity contribution is 7.92. The maximum absolute atomic E-state index is 12.9. The van der Waals surface area contributed by atoms with Crippen LogP contribution in [-0.4, -0.2) is 33.0 Å². The van der Waals surface area contributed by atoms with E-state index in [4.69, 9.17) is 11.6 Å². The van der Waals surface area contributed by atoms with E-state index in [1.807, 2.05) is 0 Å². The maximum atomic E-state index is 12.9. The van der Waals surface area contributed by atoms with Gasteiger partial charge in [0.1, 0.15) is 4.90 Å². The van der Waals surface area contributed by atoms with Crippen LogP contribution in [0.5, 0.6) is 0 Å². The molecule has 1 N–H and O–H groups in total. The number of pyridine rings is 1. The van der Waals surface area contributed by atoms with Crippen molar-refractivity contribution in [1.82, 2.24) is 24.5 Å². The van der Waals surface area contributed by atoms with Crippen LogP contribution in [0, 0.1) is 0 Å². The van der Waals surface area contributed by atoms with Crippen LogP contribution in [0.1, 0.15) is 5.56 Å². The fraction of sp³-hybridized carbons (Fsp3) is 0.118. The molecule has 30 heavy (non-hydrogen) atoms. The number of alkyl halides is 3. The molecule has 0 aliphatic rings. The fourth-order valence-corrected chi connectivity index (χ4v) is 4.07. The van der Waals surface area contributed by atoms with E-state index >= 15 is 0 Å². The predicted octanol–water partition coefficient (Wildman–Crippen LogP) is 3.63. The number of fused-ring (bicyclic) bond motifs is 1. The van der Waals surface area contributed by atoms with Crippen molar-refractivity contribution < 1.29 is 21.6 Å². The molecule has 0 aliphatic heterocycles. The second-order valence-electron chi connectivity index (χ2n) is 6.29. The van der Waals surface area contributed by atoms with Crippen molar-refractivity contribution >= 4 is 38.2 Å². The maximum Gasteiger partial charge on any atom is 0.416 e. The minimum Gasteiger partial charge on any atom is -0.277 e. The zero-order valence-electron chi connectivity index (χ0n) is 15.1. The number of anilines is 1. The Morgan fingerprint density at radius 2 is 1.90 bits per heavy atom. The van der Waals surface area contributed by atoms with Crippen LogP contribution in [0.15, 0.2) is 53.9 Å². The number of halogens is 4. The number of rotatable bonds is 4. The average Bonchev–Trinajstić information content (AvgIpc) is 3.29. The minimum atomic E-state index is -4.57. The molecule has 4 aromatic rings. The summed E-state index contributed by atoms with van der Waals surface area (Å²) in [7, 11) is -2.48. The highest BCUT2D eigenvalue weighted by atomic mass is 35.5. The van der Waals surface area contributed by atoms with Crippen LogP contribution in [0.4, 0.5) is 18.9 Å². The molecule has 8 nitrogen and oxygen atoms in total. The summed E-state index contributed by atoms with van der Waals surface area (Å²) < 4.78 is 69.2. The quantitative estimate of drug-likeness (QED) is 0.506. The molecule has 0 bridgehead atoms. The van der Waals surface area contributed by atoms with Crippen molar-refractivity contribution in [2.24, 2.45) is 7.05 Å². The lowest BCUT2D eigenvalue weighted by atomic mass is 10.2. The first-order chi connectivity index (χ1) is 14.0. The number of sulfonamides is 1. The number of benzene rings is 1. The van der Waals surface area contributed by atoms with Crippen molar-refractivity contribution in [2.45, 2.75) is 11.1 Å². The lowest BCUT2D eigenvalue weighted by Gasteiger charge is -2.09. The molecule has 0 amide bonds. The van der Waals surface area contributed by atoms with E-state index in [0.29, 0.717) is 15.9 Å². The summed E-state index contributed by atoms with van der Waals surface area (Å²) in [5, 5.41) is 8.84. The Morgan fingerprint density at radius 3 is 2.63 bits per heavy atom. The summed E-state index contributed by atoms with van der Waals surface area (Å²) in [6.45, 7) is 0. The molecule has 0 atom stereocenters. The Morgan fingerprint density at radius 1 is 1.13 bits per heavy atom. The molecular weight excluding hydrogens is 445 g/mol. The van der Waals surface area contributed by atoms with Gasteiger partial charge in [-0.25, -0.2) is 18.1 Å². The van der Waals surface area contributed by atoms with Crippen LogP contribution in [0.2, 0.25) is 5.02 Å². The largest absolute Gasteiger partial charge is 0.416 e. The van der Waals surface area contributed by atoms with Crippen molar-refractivity contribution in [3.8, 4) is 5.82 Å². The number of aryl methyl sites for hydroxylation is 1. The van der Waals surface area contributed by atoms with Crippen molar-refractivity contribution in [3.63, 3.8) is 0 Å². The summed E-state index contributed by atoms with van der Waals surface area (Å²) in [6, 6.07) is 4.65. The third-order valence-corrected chi connectivity index (χ3v) is 5.76. The van der Waals surface area contributed by atoms with Gasteiger partial charge in [-0.2, -0.15) is 23.4 Å². The molecule has 1 aromatic carbocycles. The fourth-order valence-electron chi connectivity index (χ4n) is 2.86. The zero-order chi connectivity index (χ0) is 21.7.